The zero-order chi connectivity index (χ0) is 20.5. The van der Waals surface area contributed by atoms with Gasteiger partial charge in [-0.05, 0) is 37.3 Å². The van der Waals surface area contributed by atoms with Crippen LogP contribution in [0, 0.1) is 0 Å². The van der Waals surface area contributed by atoms with E-state index in [1.165, 1.54) is 5.56 Å². The zero-order valence-corrected chi connectivity index (χ0v) is 16.6. The minimum atomic E-state index is -0.350. The van der Waals surface area contributed by atoms with Gasteiger partial charge in [-0.25, -0.2) is 15.4 Å². The van der Waals surface area contributed by atoms with Gasteiger partial charge in [-0.2, -0.15) is 0 Å². The largest absolute Gasteiger partial charge is 0.310 e. The minimum absolute atomic E-state index is 0.0650. The number of aryl methyl sites for hydroxylation is 1. The molecule has 0 unspecified atom stereocenters. The van der Waals surface area contributed by atoms with Crippen molar-refractivity contribution >= 4 is 23.3 Å². The lowest BCUT2D eigenvalue weighted by molar-refractivity contribution is -0.129. The van der Waals surface area contributed by atoms with E-state index in [2.05, 4.69) is 33.1 Å². The maximum absolute atomic E-state index is 12.4. The molecule has 1 aromatic carbocycles. The van der Waals surface area contributed by atoms with Crippen LogP contribution in [0.1, 0.15) is 67.3 Å². The molecule has 1 aromatic heterocycles. The van der Waals surface area contributed by atoms with E-state index >= 15 is 0 Å². The van der Waals surface area contributed by atoms with Crippen LogP contribution in [0.25, 0.3) is 0 Å². The summed E-state index contributed by atoms with van der Waals surface area (Å²) in [5.74, 6) is 0.354. The van der Waals surface area contributed by atoms with Gasteiger partial charge in [-0.3, -0.25) is 14.8 Å². The number of aromatic nitrogens is 2. The minimum Gasteiger partial charge on any atom is -0.310 e. The van der Waals surface area contributed by atoms with Crippen LogP contribution >= 0.6 is 0 Å². The van der Waals surface area contributed by atoms with Gasteiger partial charge in [0.15, 0.2) is 5.78 Å². The molecule has 0 atom stereocenters. The number of fused-ring (bicyclic) bond motifs is 1. The number of nitrogens with one attached hydrogen (secondary N) is 1. The maximum Gasteiger partial charge on any atom is 0.243 e. The van der Waals surface area contributed by atoms with Gasteiger partial charge in [0.25, 0.3) is 0 Å². The molecule has 1 amide bonds. The predicted molar refractivity (Wildman–Crippen MR) is 110 cm³/mol. The van der Waals surface area contributed by atoms with Crippen LogP contribution in [0.5, 0.6) is 0 Å². The van der Waals surface area contributed by atoms with Crippen molar-refractivity contribution in [2.24, 2.45) is 0 Å². The molecule has 2 aromatic rings. The Labute approximate surface area is 171 Å². The van der Waals surface area contributed by atoms with E-state index in [0.29, 0.717) is 24.4 Å². The smallest absolute Gasteiger partial charge is 0.243 e. The molecule has 7 heteroatoms. The predicted octanol–water partition coefficient (Wildman–Crippen LogP) is 3.98. The highest BCUT2D eigenvalue weighted by atomic mass is 16.5. The fourth-order valence-electron chi connectivity index (χ4n) is 3.65. The molecule has 0 aliphatic carbocycles. The summed E-state index contributed by atoms with van der Waals surface area (Å²) >= 11 is 0. The number of nitrogens with zero attached hydrogens (tertiary/aromatic N) is 3. The summed E-state index contributed by atoms with van der Waals surface area (Å²) in [6, 6.07) is 8.31. The van der Waals surface area contributed by atoms with Crippen LogP contribution in [0.2, 0.25) is 0 Å². The molecule has 0 spiro atoms. The van der Waals surface area contributed by atoms with Gasteiger partial charge in [0.1, 0.15) is 0 Å². The lowest BCUT2D eigenvalue weighted by atomic mass is 10.0. The number of para-hydroxylation sites is 1. The normalized spacial score (nSPS) is 13.1. The third-order valence-corrected chi connectivity index (χ3v) is 5.24. The van der Waals surface area contributed by atoms with Gasteiger partial charge in [-0.1, -0.05) is 37.5 Å². The van der Waals surface area contributed by atoms with Crippen molar-refractivity contribution < 1.29 is 14.8 Å². The number of rotatable bonds is 10. The SMILES string of the molecule is O=C(CCCCCCCC(=O)c1cnc(N2CCCc3ccccc32)nc1)NO. The second-order valence-corrected chi connectivity index (χ2v) is 7.38. The first-order valence-electron chi connectivity index (χ1n) is 10.3. The topological polar surface area (TPSA) is 95.4 Å². The Morgan fingerprint density at radius 1 is 1.00 bits per heavy atom. The first-order chi connectivity index (χ1) is 14.2. The first-order valence-corrected chi connectivity index (χ1v) is 10.3. The van der Waals surface area contributed by atoms with Crippen molar-refractivity contribution in [3.05, 3.63) is 47.8 Å². The molecule has 2 N–H and O–H groups in total. The Kier molecular flexibility index (Phi) is 7.69. The summed E-state index contributed by atoms with van der Waals surface area (Å²) in [5.41, 5.74) is 4.64. The molecule has 0 radical (unpaired) electrons. The van der Waals surface area contributed by atoms with E-state index in [1.54, 1.807) is 17.9 Å². The third-order valence-electron chi connectivity index (χ3n) is 5.24. The summed E-state index contributed by atoms with van der Waals surface area (Å²) < 4.78 is 0. The Bertz CT molecular complexity index is 823. The van der Waals surface area contributed by atoms with E-state index in [4.69, 9.17) is 5.21 Å². The fourth-order valence-corrected chi connectivity index (χ4v) is 3.65. The average molecular weight is 396 g/mol. The molecule has 0 bridgehead atoms. The molecule has 1 aliphatic rings. The number of hydroxylamine groups is 1. The summed E-state index contributed by atoms with van der Waals surface area (Å²) in [6.07, 6.45) is 10.6. The van der Waals surface area contributed by atoms with Crippen molar-refractivity contribution in [3.8, 4) is 0 Å². The van der Waals surface area contributed by atoms with E-state index < -0.39 is 0 Å². The highest BCUT2D eigenvalue weighted by Crippen LogP contribution is 2.31. The van der Waals surface area contributed by atoms with Gasteiger partial charge in [0.05, 0.1) is 5.56 Å². The van der Waals surface area contributed by atoms with E-state index in [-0.39, 0.29) is 11.7 Å². The summed E-state index contributed by atoms with van der Waals surface area (Å²) in [4.78, 5) is 34.3. The molecule has 1 aliphatic heterocycles. The van der Waals surface area contributed by atoms with Crippen molar-refractivity contribution in [1.29, 1.82) is 0 Å². The van der Waals surface area contributed by atoms with Crippen LogP contribution in [-0.2, 0) is 11.2 Å². The molecule has 7 nitrogen and oxygen atoms in total. The number of hydrogen-bond acceptors (Lipinski definition) is 6. The highest BCUT2D eigenvalue weighted by molar-refractivity contribution is 5.95. The Balaban J connectivity index is 1.45. The number of benzene rings is 1. The standard InChI is InChI=1S/C22H28N4O3/c27-20(12-4-2-1-3-5-13-21(28)25-29)18-15-23-22(24-16-18)26-14-8-10-17-9-6-7-11-19(17)26/h6-7,9,11,15-16,29H,1-5,8,10,12-14H2,(H,25,28). The fraction of sp³-hybridized carbons (Fsp3) is 0.455. The number of amides is 1. The Hall–Kier alpha value is -2.80. The monoisotopic (exact) mass is 396 g/mol. The highest BCUT2D eigenvalue weighted by Gasteiger charge is 2.20. The maximum atomic E-state index is 12.4. The van der Waals surface area contributed by atoms with Gasteiger partial charge in [0, 0.05) is 37.5 Å². The third kappa shape index (κ3) is 5.84. The number of anilines is 2. The van der Waals surface area contributed by atoms with Gasteiger partial charge in [-0.15, -0.1) is 0 Å². The number of hydrogen-bond donors (Lipinski definition) is 2. The molecular weight excluding hydrogens is 368 g/mol. The van der Waals surface area contributed by atoms with E-state index in [0.717, 1.165) is 57.2 Å². The van der Waals surface area contributed by atoms with Crippen molar-refractivity contribution in [3.63, 3.8) is 0 Å². The quantitative estimate of drug-likeness (QED) is 0.273. The van der Waals surface area contributed by atoms with Crippen LogP contribution in [-0.4, -0.2) is 33.4 Å². The van der Waals surface area contributed by atoms with Crippen molar-refractivity contribution in [2.75, 3.05) is 11.4 Å². The van der Waals surface area contributed by atoms with Crippen LogP contribution in [0.4, 0.5) is 11.6 Å². The van der Waals surface area contributed by atoms with Gasteiger partial charge < -0.3 is 4.90 Å². The molecule has 3 rings (SSSR count). The summed E-state index contributed by atoms with van der Waals surface area (Å²) in [6.45, 7) is 0.879. The van der Waals surface area contributed by atoms with Crippen molar-refractivity contribution in [1.82, 2.24) is 15.4 Å². The number of unbranched alkanes of at least 4 members (excludes halogenated alkanes) is 4. The van der Waals surface area contributed by atoms with Gasteiger partial charge >= 0.3 is 0 Å². The lowest BCUT2D eigenvalue weighted by Gasteiger charge is -2.29. The number of carbonyl (C=O) groups is 2. The summed E-state index contributed by atoms with van der Waals surface area (Å²) in [5, 5.41) is 8.43. The number of Topliss-reactive ketones (excluding diaryl/α,β-unsaturated/α-hetero) is 1. The Morgan fingerprint density at radius 2 is 1.69 bits per heavy atom. The second-order valence-electron chi connectivity index (χ2n) is 7.38. The van der Waals surface area contributed by atoms with E-state index in [9.17, 15) is 9.59 Å². The molecule has 0 saturated heterocycles. The summed E-state index contributed by atoms with van der Waals surface area (Å²) in [7, 11) is 0. The number of ketones is 1. The molecule has 0 fully saturated rings. The molecule has 2 heterocycles. The lowest BCUT2D eigenvalue weighted by Crippen LogP contribution is -2.26. The molecular formula is C22H28N4O3. The van der Waals surface area contributed by atoms with Crippen molar-refractivity contribution in [2.45, 2.75) is 57.8 Å². The zero-order valence-electron chi connectivity index (χ0n) is 16.6. The average Bonchev–Trinajstić information content (AvgIpc) is 2.77. The Morgan fingerprint density at radius 3 is 2.45 bits per heavy atom. The van der Waals surface area contributed by atoms with Crippen LogP contribution in [0.15, 0.2) is 36.7 Å². The number of carbonyl (C=O) groups excluding carboxylic acids is 2. The van der Waals surface area contributed by atoms with Crippen LogP contribution in [0.3, 0.4) is 0 Å². The molecule has 154 valence electrons. The molecule has 0 saturated carbocycles. The first kappa shape index (κ1) is 20.9. The van der Waals surface area contributed by atoms with E-state index in [1.807, 2.05) is 6.07 Å². The second kappa shape index (κ2) is 10.7. The molecule has 29 heavy (non-hydrogen) atoms. The van der Waals surface area contributed by atoms with Crippen LogP contribution < -0.4 is 10.4 Å². The van der Waals surface area contributed by atoms with Gasteiger partial charge in [0.2, 0.25) is 11.9 Å².